The maximum Gasteiger partial charge on any atom is 0.133 e. The fourth-order valence-corrected chi connectivity index (χ4v) is 2.21. The normalized spacial score (nSPS) is 17.5. The summed E-state index contributed by atoms with van der Waals surface area (Å²) in [6.07, 6.45) is 5.21. The summed E-state index contributed by atoms with van der Waals surface area (Å²) in [6, 6.07) is 4.56. The monoisotopic (exact) mass is 218 g/mol. The molecule has 0 aromatic carbocycles. The summed E-state index contributed by atoms with van der Waals surface area (Å²) in [5, 5.41) is 0. The number of carbonyl (C=O) groups excluding carboxylic acids is 1. The fourth-order valence-electron chi connectivity index (χ4n) is 2.21. The summed E-state index contributed by atoms with van der Waals surface area (Å²) in [5.74, 6) is 1.42. The predicted molar refractivity (Wildman–Crippen MR) is 64.6 cm³/mol. The minimum absolute atomic E-state index is 0.404. The second kappa shape index (κ2) is 4.64. The maximum absolute atomic E-state index is 11.2. The van der Waals surface area contributed by atoms with Crippen molar-refractivity contribution in [2.24, 2.45) is 0 Å². The number of aromatic nitrogens is 1. The minimum atomic E-state index is 0.404. The molecule has 0 saturated heterocycles. The van der Waals surface area contributed by atoms with Gasteiger partial charge in [0, 0.05) is 32.1 Å². The summed E-state index contributed by atoms with van der Waals surface area (Å²) in [5.41, 5.74) is 1.23. The van der Waals surface area contributed by atoms with Crippen LogP contribution < -0.4 is 4.90 Å². The van der Waals surface area contributed by atoms with E-state index in [2.05, 4.69) is 29.9 Å². The molecule has 0 spiro atoms. The van der Waals surface area contributed by atoms with E-state index >= 15 is 0 Å². The third-order valence-electron chi connectivity index (χ3n) is 3.32. The van der Waals surface area contributed by atoms with Crippen LogP contribution in [0.4, 0.5) is 5.82 Å². The maximum atomic E-state index is 11.2. The highest BCUT2D eigenvalue weighted by Gasteiger charge is 2.22. The van der Waals surface area contributed by atoms with Gasteiger partial charge in [0.1, 0.15) is 11.6 Å². The number of pyridine rings is 1. The number of nitrogens with zero attached hydrogens (tertiary/aromatic N) is 2. The first-order chi connectivity index (χ1) is 7.66. The Morgan fingerprint density at radius 1 is 1.38 bits per heavy atom. The van der Waals surface area contributed by atoms with E-state index in [1.807, 2.05) is 12.3 Å². The lowest BCUT2D eigenvalue weighted by atomic mass is 9.93. The highest BCUT2D eigenvalue weighted by molar-refractivity contribution is 5.79. The van der Waals surface area contributed by atoms with E-state index in [4.69, 9.17) is 0 Å². The molecule has 3 nitrogen and oxygen atoms in total. The summed E-state index contributed by atoms with van der Waals surface area (Å²) < 4.78 is 0. The Bertz CT molecular complexity index is 379. The van der Waals surface area contributed by atoms with Crippen molar-refractivity contribution in [3.8, 4) is 0 Å². The minimum Gasteiger partial charge on any atom is -0.357 e. The van der Waals surface area contributed by atoms with Crippen LogP contribution in [0.15, 0.2) is 18.3 Å². The number of rotatable bonds is 2. The number of Topliss-reactive ketones (excluding diaryl/α,β-unsaturated/α-hetero) is 1. The van der Waals surface area contributed by atoms with Crippen molar-refractivity contribution in [3.63, 3.8) is 0 Å². The Hall–Kier alpha value is -1.38. The van der Waals surface area contributed by atoms with Gasteiger partial charge >= 0.3 is 0 Å². The summed E-state index contributed by atoms with van der Waals surface area (Å²) >= 11 is 0. The second-order valence-corrected chi connectivity index (χ2v) is 4.57. The predicted octanol–water partition coefficient (Wildman–Crippen LogP) is 2.34. The van der Waals surface area contributed by atoms with Crippen molar-refractivity contribution in [1.82, 2.24) is 4.98 Å². The van der Waals surface area contributed by atoms with E-state index in [0.717, 1.165) is 31.5 Å². The van der Waals surface area contributed by atoms with E-state index in [9.17, 15) is 4.79 Å². The van der Waals surface area contributed by atoms with Crippen LogP contribution in [-0.2, 0) is 4.79 Å². The molecule has 1 saturated carbocycles. The molecule has 1 heterocycles. The van der Waals surface area contributed by atoms with Crippen molar-refractivity contribution < 1.29 is 4.79 Å². The molecule has 0 bridgehead atoms. The molecule has 0 radical (unpaired) electrons. The van der Waals surface area contributed by atoms with Crippen LogP contribution in [0, 0.1) is 6.92 Å². The standard InChI is InChI=1S/C13H18N2O/c1-10-7-8-14-13(9-10)15(2)11-3-5-12(16)6-4-11/h7-9,11H,3-6H2,1-2H3. The SMILES string of the molecule is Cc1ccnc(N(C)C2CCC(=O)CC2)c1. The van der Waals surface area contributed by atoms with Gasteiger partial charge in [0.15, 0.2) is 0 Å². The van der Waals surface area contributed by atoms with Crippen molar-refractivity contribution in [2.45, 2.75) is 38.6 Å². The van der Waals surface area contributed by atoms with Gasteiger partial charge in [0.25, 0.3) is 0 Å². The topological polar surface area (TPSA) is 33.2 Å². The Kier molecular flexibility index (Phi) is 3.22. The van der Waals surface area contributed by atoms with Gasteiger partial charge in [-0.25, -0.2) is 4.98 Å². The van der Waals surface area contributed by atoms with Gasteiger partial charge in [-0.1, -0.05) is 0 Å². The van der Waals surface area contributed by atoms with Gasteiger partial charge in [-0.2, -0.15) is 0 Å². The van der Waals surface area contributed by atoms with Crippen LogP contribution in [-0.4, -0.2) is 23.9 Å². The first-order valence-corrected chi connectivity index (χ1v) is 5.84. The van der Waals surface area contributed by atoms with E-state index in [1.54, 1.807) is 0 Å². The fraction of sp³-hybridized carbons (Fsp3) is 0.538. The van der Waals surface area contributed by atoms with Crippen LogP contribution >= 0.6 is 0 Å². The molecule has 86 valence electrons. The first kappa shape index (κ1) is 11.1. The molecule has 0 amide bonds. The lowest BCUT2D eigenvalue weighted by Gasteiger charge is -2.31. The number of hydrogen-bond donors (Lipinski definition) is 0. The van der Waals surface area contributed by atoms with E-state index in [0.29, 0.717) is 11.8 Å². The Morgan fingerprint density at radius 2 is 2.06 bits per heavy atom. The van der Waals surface area contributed by atoms with Crippen LogP contribution in [0.25, 0.3) is 0 Å². The van der Waals surface area contributed by atoms with Crippen molar-refractivity contribution in [2.75, 3.05) is 11.9 Å². The number of carbonyl (C=O) groups is 1. The average molecular weight is 218 g/mol. The molecular weight excluding hydrogens is 200 g/mol. The average Bonchev–Trinajstić information content (AvgIpc) is 2.29. The highest BCUT2D eigenvalue weighted by atomic mass is 16.1. The van der Waals surface area contributed by atoms with E-state index in [-0.39, 0.29) is 0 Å². The van der Waals surface area contributed by atoms with Crippen molar-refractivity contribution in [1.29, 1.82) is 0 Å². The van der Waals surface area contributed by atoms with Crippen LogP contribution in [0.3, 0.4) is 0 Å². The zero-order valence-corrected chi connectivity index (χ0v) is 9.94. The molecular formula is C13H18N2O. The van der Waals surface area contributed by atoms with Crippen LogP contribution in [0.2, 0.25) is 0 Å². The molecule has 1 aliphatic carbocycles. The second-order valence-electron chi connectivity index (χ2n) is 4.57. The molecule has 0 atom stereocenters. The van der Waals surface area contributed by atoms with Crippen LogP contribution in [0.1, 0.15) is 31.2 Å². The van der Waals surface area contributed by atoms with Gasteiger partial charge in [-0.05, 0) is 37.5 Å². The van der Waals surface area contributed by atoms with Crippen molar-refractivity contribution in [3.05, 3.63) is 23.9 Å². The number of hydrogen-bond acceptors (Lipinski definition) is 3. The molecule has 2 rings (SSSR count). The summed E-state index contributed by atoms with van der Waals surface area (Å²) in [6.45, 7) is 2.07. The zero-order valence-electron chi connectivity index (χ0n) is 9.94. The Labute approximate surface area is 96.5 Å². The van der Waals surface area contributed by atoms with E-state index in [1.165, 1.54) is 5.56 Å². The van der Waals surface area contributed by atoms with Gasteiger partial charge in [0.2, 0.25) is 0 Å². The Morgan fingerprint density at radius 3 is 2.69 bits per heavy atom. The van der Waals surface area contributed by atoms with Crippen molar-refractivity contribution >= 4 is 11.6 Å². The quantitative estimate of drug-likeness (QED) is 0.764. The largest absolute Gasteiger partial charge is 0.357 e. The lowest BCUT2D eigenvalue weighted by molar-refractivity contribution is -0.120. The highest BCUT2D eigenvalue weighted by Crippen LogP contribution is 2.23. The molecule has 1 aromatic heterocycles. The lowest BCUT2D eigenvalue weighted by Crippen LogP contribution is -2.35. The van der Waals surface area contributed by atoms with Gasteiger partial charge < -0.3 is 4.90 Å². The molecule has 0 N–H and O–H groups in total. The molecule has 1 fully saturated rings. The van der Waals surface area contributed by atoms with Gasteiger partial charge in [-0.15, -0.1) is 0 Å². The van der Waals surface area contributed by atoms with E-state index < -0.39 is 0 Å². The summed E-state index contributed by atoms with van der Waals surface area (Å²) in [4.78, 5) is 17.8. The van der Waals surface area contributed by atoms with Gasteiger partial charge in [0.05, 0.1) is 0 Å². The third kappa shape index (κ3) is 2.40. The number of aryl methyl sites for hydroxylation is 1. The molecule has 16 heavy (non-hydrogen) atoms. The molecule has 0 unspecified atom stereocenters. The third-order valence-corrected chi connectivity index (χ3v) is 3.32. The molecule has 1 aliphatic rings. The Balaban J connectivity index is 2.07. The molecule has 3 heteroatoms. The zero-order chi connectivity index (χ0) is 11.5. The number of anilines is 1. The number of ketones is 1. The summed E-state index contributed by atoms with van der Waals surface area (Å²) in [7, 11) is 2.07. The van der Waals surface area contributed by atoms with Crippen LogP contribution in [0.5, 0.6) is 0 Å². The first-order valence-electron chi connectivity index (χ1n) is 5.84. The molecule has 0 aliphatic heterocycles. The smallest absolute Gasteiger partial charge is 0.133 e. The van der Waals surface area contributed by atoms with Gasteiger partial charge in [-0.3, -0.25) is 4.79 Å². The molecule has 1 aromatic rings.